The first kappa shape index (κ1) is 13.7. The highest BCUT2D eigenvalue weighted by Gasteiger charge is 2.08. The average Bonchev–Trinajstić information content (AvgIpc) is 2.36. The van der Waals surface area contributed by atoms with Gasteiger partial charge in [-0.05, 0) is 52.5 Å². The molecule has 98 valence electrons. The standard InChI is InChI=1S/C15H15BrN2O/c1-10-5-3-4-6-12(10)8-14(19)18-15-11(2)7-13(16)9-17-15/h3-7,9H,8H2,1-2H3,(H,17,18,19). The van der Waals surface area contributed by atoms with E-state index in [9.17, 15) is 4.79 Å². The fourth-order valence-corrected chi connectivity index (χ4v) is 2.27. The predicted octanol–water partition coefficient (Wildman–Crippen LogP) is 3.64. The molecular formula is C15H15BrN2O. The van der Waals surface area contributed by atoms with E-state index in [1.165, 1.54) is 0 Å². The van der Waals surface area contributed by atoms with Gasteiger partial charge in [-0.1, -0.05) is 24.3 Å². The number of benzene rings is 1. The van der Waals surface area contributed by atoms with E-state index in [2.05, 4.69) is 26.2 Å². The van der Waals surface area contributed by atoms with Gasteiger partial charge in [0.25, 0.3) is 0 Å². The average molecular weight is 319 g/mol. The minimum absolute atomic E-state index is 0.0489. The van der Waals surface area contributed by atoms with E-state index in [1.807, 2.05) is 44.2 Å². The normalized spacial score (nSPS) is 10.3. The minimum atomic E-state index is -0.0489. The number of rotatable bonds is 3. The molecule has 2 aromatic rings. The predicted molar refractivity (Wildman–Crippen MR) is 80.2 cm³/mol. The zero-order chi connectivity index (χ0) is 13.8. The van der Waals surface area contributed by atoms with Crippen LogP contribution in [0, 0.1) is 13.8 Å². The van der Waals surface area contributed by atoms with Crippen molar-refractivity contribution in [1.29, 1.82) is 0 Å². The number of nitrogens with zero attached hydrogens (tertiary/aromatic N) is 1. The van der Waals surface area contributed by atoms with E-state index in [0.29, 0.717) is 12.2 Å². The first-order chi connectivity index (χ1) is 9.06. The fraction of sp³-hybridized carbons (Fsp3) is 0.200. The topological polar surface area (TPSA) is 42.0 Å². The summed E-state index contributed by atoms with van der Waals surface area (Å²) >= 11 is 3.35. The van der Waals surface area contributed by atoms with E-state index in [1.54, 1.807) is 6.20 Å². The summed E-state index contributed by atoms with van der Waals surface area (Å²) < 4.78 is 0.905. The summed E-state index contributed by atoms with van der Waals surface area (Å²) in [5.74, 6) is 0.564. The maximum atomic E-state index is 12.0. The second-order valence-corrected chi connectivity index (χ2v) is 5.39. The minimum Gasteiger partial charge on any atom is -0.310 e. The fourth-order valence-electron chi connectivity index (χ4n) is 1.83. The molecule has 19 heavy (non-hydrogen) atoms. The van der Waals surface area contributed by atoms with Gasteiger partial charge in [0, 0.05) is 10.7 Å². The van der Waals surface area contributed by atoms with E-state index in [4.69, 9.17) is 0 Å². The molecule has 0 bridgehead atoms. The van der Waals surface area contributed by atoms with Crippen molar-refractivity contribution in [2.24, 2.45) is 0 Å². The molecule has 0 saturated heterocycles. The number of nitrogens with one attached hydrogen (secondary N) is 1. The van der Waals surface area contributed by atoms with Crippen molar-refractivity contribution in [2.75, 3.05) is 5.32 Å². The van der Waals surface area contributed by atoms with Gasteiger partial charge in [0.2, 0.25) is 5.91 Å². The van der Waals surface area contributed by atoms with Crippen LogP contribution in [-0.4, -0.2) is 10.9 Å². The molecule has 0 unspecified atom stereocenters. The monoisotopic (exact) mass is 318 g/mol. The molecule has 0 aliphatic carbocycles. The van der Waals surface area contributed by atoms with Crippen LogP contribution >= 0.6 is 15.9 Å². The molecule has 3 nitrogen and oxygen atoms in total. The Morgan fingerprint density at radius 3 is 2.68 bits per heavy atom. The maximum absolute atomic E-state index is 12.0. The zero-order valence-corrected chi connectivity index (χ0v) is 12.5. The molecule has 0 fully saturated rings. The summed E-state index contributed by atoms with van der Waals surface area (Å²) in [5, 5.41) is 2.84. The van der Waals surface area contributed by atoms with E-state index >= 15 is 0 Å². The van der Waals surface area contributed by atoms with Crippen LogP contribution in [0.25, 0.3) is 0 Å². The first-order valence-electron chi connectivity index (χ1n) is 6.03. The number of aromatic nitrogens is 1. The lowest BCUT2D eigenvalue weighted by Gasteiger charge is -2.09. The second kappa shape index (κ2) is 5.97. The summed E-state index contributed by atoms with van der Waals surface area (Å²) in [6.07, 6.45) is 2.04. The first-order valence-corrected chi connectivity index (χ1v) is 6.82. The molecular weight excluding hydrogens is 304 g/mol. The Morgan fingerprint density at radius 1 is 1.26 bits per heavy atom. The van der Waals surface area contributed by atoms with Crippen LogP contribution in [0.2, 0.25) is 0 Å². The number of hydrogen-bond acceptors (Lipinski definition) is 2. The maximum Gasteiger partial charge on any atom is 0.229 e. The van der Waals surface area contributed by atoms with Crippen LogP contribution in [0.1, 0.15) is 16.7 Å². The third-order valence-electron chi connectivity index (χ3n) is 2.91. The van der Waals surface area contributed by atoms with Crippen molar-refractivity contribution in [1.82, 2.24) is 4.98 Å². The summed E-state index contributed by atoms with van der Waals surface area (Å²) in [6, 6.07) is 9.81. The SMILES string of the molecule is Cc1ccccc1CC(=O)Nc1ncc(Br)cc1C. The van der Waals surface area contributed by atoms with E-state index in [0.717, 1.165) is 21.2 Å². The van der Waals surface area contributed by atoms with Crippen molar-refractivity contribution in [3.63, 3.8) is 0 Å². The molecule has 1 aromatic heterocycles. The van der Waals surface area contributed by atoms with Gasteiger partial charge in [0.05, 0.1) is 6.42 Å². The number of amides is 1. The highest BCUT2D eigenvalue weighted by molar-refractivity contribution is 9.10. The summed E-state index contributed by atoms with van der Waals surface area (Å²) in [7, 11) is 0. The molecule has 1 N–H and O–H groups in total. The highest BCUT2D eigenvalue weighted by Crippen LogP contribution is 2.17. The van der Waals surface area contributed by atoms with Gasteiger partial charge in [0.15, 0.2) is 0 Å². The number of anilines is 1. The number of hydrogen-bond donors (Lipinski definition) is 1. The smallest absolute Gasteiger partial charge is 0.229 e. The molecule has 0 radical (unpaired) electrons. The molecule has 2 rings (SSSR count). The third kappa shape index (κ3) is 3.64. The molecule has 1 amide bonds. The van der Waals surface area contributed by atoms with Gasteiger partial charge in [0.1, 0.15) is 5.82 Å². The van der Waals surface area contributed by atoms with Crippen LogP contribution in [0.15, 0.2) is 41.0 Å². The molecule has 1 heterocycles. The molecule has 1 aromatic carbocycles. The zero-order valence-electron chi connectivity index (χ0n) is 10.9. The molecule has 0 atom stereocenters. The van der Waals surface area contributed by atoms with Crippen molar-refractivity contribution < 1.29 is 4.79 Å². The quantitative estimate of drug-likeness (QED) is 0.938. The summed E-state index contributed by atoms with van der Waals surface area (Å²) in [6.45, 7) is 3.92. The number of pyridine rings is 1. The lowest BCUT2D eigenvalue weighted by atomic mass is 10.1. The lowest BCUT2D eigenvalue weighted by molar-refractivity contribution is -0.115. The number of aryl methyl sites for hydroxylation is 2. The highest BCUT2D eigenvalue weighted by atomic mass is 79.9. The Hall–Kier alpha value is -1.68. The van der Waals surface area contributed by atoms with Crippen molar-refractivity contribution in [3.8, 4) is 0 Å². The van der Waals surface area contributed by atoms with Crippen molar-refractivity contribution in [2.45, 2.75) is 20.3 Å². The Kier molecular flexibility index (Phi) is 4.32. The Morgan fingerprint density at radius 2 is 2.00 bits per heavy atom. The van der Waals surface area contributed by atoms with Gasteiger partial charge < -0.3 is 5.32 Å². The number of carbonyl (C=O) groups is 1. The van der Waals surface area contributed by atoms with Gasteiger partial charge >= 0.3 is 0 Å². The second-order valence-electron chi connectivity index (χ2n) is 4.47. The van der Waals surface area contributed by atoms with Gasteiger partial charge in [-0.15, -0.1) is 0 Å². The van der Waals surface area contributed by atoms with Gasteiger partial charge in [-0.25, -0.2) is 4.98 Å². The number of halogens is 1. The van der Waals surface area contributed by atoms with Crippen molar-refractivity contribution in [3.05, 3.63) is 57.7 Å². The van der Waals surface area contributed by atoms with Gasteiger partial charge in [-0.2, -0.15) is 0 Å². The Balaban J connectivity index is 2.08. The summed E-state index contributed by atoms with van der Waals surface area (Å²) in [4.78, 5) is 16.2. The van der Waals surface area contributed by atoms with Crippen LogP contribution in [0.4, 0.5) is 5.82 Å². The molecule has 0 saturated carbocycles. The van der Waals surface area contributed by atoms with Crippen LogP contribution in [-0.2, 0) is 11.2 Å². The van der Waals surface area contributed by atoms with Crippen molar-refractivity contribution >= 4 is 27.7 Å². The van der Waals surface area contributed by atoms with Crippen LogP contribution < -0.4 is 5.32 Å². The molecule has 0 spiro atoms. The van der Waals surface area contributed by atoms with Crippen LogP contribution in [0.5, 0.6) is 0 Å². The largest absolute Gasteiger partial charge is 0.310 e. The van der Waals surface area contributed by atoms with Gasteiger partial charge in [-0.3, -0.25) is 4.79 Å². The van der Waals surface area contributed by atoms with E-state index in [-0.39, 0.29) is 5.91 Å². The number of carbonyl (C=O) groups excluding carboxylic acids is 1. The third-order valence-corrected chi connectivity index (χ3v) is 3.35. The Bertz CT molecular complexity index is 611. The molecule has 0 aliphatic heterocycles. The molecule has 0 aliphatic rings. The Labute approximate surface area is 121 Å². The molecule has 4 heteroatoms. The summed E-state index contributed by atoms with van der Waals surface area (Å²) in [5.41, 5.74) is 3.10. The van der Waals surface area contributed by atoms with Crippen LogP contribution in [0.3, 0.4) is 0 Å². The lowest BCUT2D eigenvalue weighted by Crippen LogP contribution is -2.16. The van der Waals surface area contributed by atoms with E-state index < -0.39 is 0 Å².